The van der Waals surface area contributed by atoms with Crippen LogP contribution in [0.3, 0.4) is 0 Å². The Morgan fingerprint density at radius 1 is 1.50 bits per heavy atom. The molecule has 1 aromatic heterocycles. The SMILES string of the molecule is CCCn1ncc(OC)c1C1=CC(N)CCCC1. The lowest BCUT2D eigenvalue weighted by Gasteiger charge is -2.12. The van der Waals surface area contributed by atoms with Crippen molar-refractivity contribution in [2.75, 3.05) is 7.11 Å². The minimum absolute atomic E-state index is 0.164. The Morgan fingerprint density at radius 2 is 2.33 bits per heavy atom. The maximum atomic E-state index is 6.10. The van der Waals surface area contributed by atoms with Crippen molar-refractivity contribution in [3.63, 3.8) is 0 Å². The quantitative estimate of drug-likeness (QED) is 0.892. The molecule has 1 aromatic rings. The Hall–Kier alpha value is -1.29. The number of nitrogens with zero attached hydrogens (tertiary/aromatic N) is 2. The molecule has 0 spiro atoms. The Bertz CT molecular complexity index is 423. The average Bonchev–Trinajstić information content (AvgIpc) is 2.64. The van der Waals surface area contributed by atoms with Crippen LogP contribution in [0.25, 0.3) is 5.57 Å². The molecule has 18 heavy (non-hydrogen) atoms. The first-order chi connectivity index (χ1) is 8.76. The number of rotatable bonds is 4. The summed E-state index contributed by atoms with van der Waals surface area (Å²) in [6.07, 6.45) is 9.61. The summed E-state index contributed by atoms with van der Waals surface area (Å²) in [7, 11) is 1.70. The molecule has 0 saturated carbocycles. The zero-order chi connectivity index (χ0) is 13.0. The Kier molecular flexibility index (Phi) is 4.42. The average molecular weight is 249 g/mol. The number of ether oxygens (including phenoxy) is 1. The van der Waals surface area contributed by atoms with Gasteiger partial charge in [-0.15, -0.1) is 0 Å². The van der Waals surface area contributed by atoms with Crippen molar-refractivity contribution in [2.45, 2.75) is 51.6 Å². The summed E-state index contributed by atoms with van der Waals surface area (Å²) in [5.74, 6) is 0.865. The van der Waals surface area contributed by atoms with Gasteiger partial charge in [-0.1, -0.05) is 19.4 Å². The zero-order valence-corrected chi connectivity index (χ0v) is 11.4. The highest BCUT2D eigenvalue weighted by Gasteiger charge is 2.18. The first-order valence-corrected chi connectivity index (χ1v) is 6.82. The summed E-state index contributed by atoms with van der Waals surface area (Å²) < 4.78 is 7.48. The zero-order valence-electron chi connectivity index (χ0n) is 11.4. The van der Waals surface area contributed by atoms with Crippen molar-refractivity contribution in [3.05, 3.63) is 18.0 Å². The van der Waals surface area contributed by atoms with Crippen LogP contribution in [0.15, 0.2) is 12.3 Å². The number of allylic oxidation sites excluding steroid dienone is 1. The number of aryl methyl sites for hydroxylation is 1. The molecule has 0 radical (unpaired) electrons. The molecule has 0 amide bonds. The molecular formula is C14H23N3O. The first kappa shape index (κ1) is 13.1. The predicted octanol–water partition coefficient (Wildman–Crippen LogP) is 2.59. The van der Waals surface area contributed by atoms with Crippen molar-refractivity contribution in [3.8, 4) is 5.75 Å². The summed E-state index contributed by atoms with van der Waals surface area (Å²) in [5.41, 5.74) is 8.52. The fourth-order valence-corrected chi connectivity index (χ4v) is 2.54. The number of hydrogen-bond acceptors (Lipinski definition) is 3. The minimum atomic E-state index is 0.164. The smallest absolute Gasteiger partial charge is 0.164 e. The molecule has 1 aliphatic rings. The predicted molar refractivity (Wildman–Crippen MR) is 73.5 cm³/mol. The van der Waals surface area contributed by atoms with Gasteiger partial charge in [-0.2, -0.15) is 5.10 Å². The lowest BCUT2D eigenvalue weighted by atomic mass is 10.1. The molecule has 2 rings (SSSR count). The maximum absolute atomic E-state index is 6.10. The highest BCUT2D eigenvalue weighted by atomic mass is 16.5. The summed E-state index contributed by atoms with van der Waals surface area (Å²) in [5, 5.41) is 4.42. The van der Waals surface area contributed by atoms with Gasteiger partial charge in [0.2, 0.25) is 0 Å². The van der Waals surface area contributed by atoms with E-state index in [2.05, 4.69) is 18.1 Å². The normalized spacial score (nSPS) is 20.4. The molecule has 0 fully saturated rings. The lowest BCUT2D eigenvalue weighted by Crippen LogP contribution is -2.16. The van der Waals surface area contributed by atoms with Gasteiger partial charge in [0.05, 0.1) is 13.3 Å². The molecule has 100 valence electrons. The van der Waals surface area contributed by atoms with E-state index in [1.54, 1.807) is 7.11 Å². The number of hydrogen-bond donors (Lipinski definition) is 1. The topological polar surface area (TPSA) is 53.1 Å². The highest BCUT2D eigenvalue weighted by molar-refractivity contribution is 5.68. The summed E-state index contributed by atoms with van der Waals surface area (Å²) >= 11 is 0. The molecule has 1 aliphatic carbocycles. The molecule has 0 saturated heterocycles. The van der Waals surface area contributed by atoms with E-state index in [1.807, 2.05) is 10.9 Å². The second-order valence-electron chi connectivity index (χ2n) is 4.89. The van der Waals surface area contributed by atoms with Crippen LogP contribution in [0.1, 0.15) is 44.7 Å². The Labute approximate surface area is 109 Å². The van der Waals surface area contributed by atoms with E-state index in [9.17, 15) is 0 Å². The van der Waals surface area contributed by atoms with Crippen LogP contribution in [-0.2, 0) is 6.54 Å². The molecule has 0 aromatic carbocycles. The number of aromatic nitrogens is 2. The lowest BCUT2D eigenvalue weighted by molar-refractivity contribution is 0.411. The summed E-state index contributed by atoms with van der Waals surface area (Å²) in [6.45, 7) is 3.08. The van der Waals surface area contributed by atoms with E-state index in [4.69, 9.17) is 10.5 Å². The summed E-state index contributed by atoms with van der Waals surface area (Å²) in [4.78, 5) is 0. The van der Waals surface area contributed by atoms with Crippen LogP contribution in [0.2, 0.25) is 0 Å². The Balaban J connectivity index is 2.37. The maximum Gasteiger partial charge on any atom is 0.164 e. The van der Waals surface area contributed by atoms with E-state index in [-0.39, 0.29) is 6.04 Å². The minimum Gasteiger partial charge on any atom is -0.493 e. The fraction of sp³-hybridized carbons (Fsp3) is 0.643. The van der Waals surface area contributed by atoms with Crippen LogP contribution >= 0.6 is 0 Å². The van der Waals surface area contributed by atoms with Crippen molar-refractivity contribution < 1.29 is 4.74 Å². The van der Waals surface area contributed by atoms with Crippen molar-refractivity contribution in [1.29, 1.82) is 0 Å². The molecule has 1 heterocycles. The van der Waals surface area contributed by atoms with E-state index >= 15 is 0 Å². The van der Waals surface area contributed by atoms with Crippen LogP contribution in [0, 0.1) is 0 Å². The molecule has 0 aliphatic heterocycles. The van der Waals surface area contributed by atoms with Crippen molar-refractivity contribution in [1.82, 2.24) is 9.78 Å². The van der Waals surface area contributed by atoms with Gasteiger partial charge in [-0.05, 0) is 31.3 Å². The van der Waals surface area contributed by atoms with Gasteiger partial charge in [-0.3, -0.25) is 4.68 Å². The van der Waals surface area contributed by atoms with E-state index < -0.39 is 0 Å². The Morgan fingerprint density at radius 3 is 3.06 bits per heavy atom. The molecule has 0 bridgehead atoms. The molecule has 4 nitrogen and oxygen atoms in total. The van der Waals surface area contributed by atoms with Gasteiger partial charge < -0.3 is 10.5 Å². The van der Waals surface area contributed by atoms with Crippen LogP contribution in [0.5, 0.6) is 5.75 Å². The van der Waals surface area contributed by atoms with Gasteiger partial charge in [0.1, 0.15) is 5.69 Å². The van der Waals surface area contributed by atoms with E-state index in [1.165, 1.54) is 18.4 Å². The third-order valence-corrected chi connectivity index (χ3v) is 3.41. The van der Waals surface area contributed by atoms with Gasteiger partial charge >= 0.3 is 0 Å². The molecular weight excluding hydrogens is 226 g/mol. The molecule has 4 heteroatoms. The fourth-order valence-electron chi connectivity index (χ4n) is 2.54. The van der Waals surface area contributed by atoms with Gasteiger partial charge in [0, 0.05) is 12.6 Å². The molecule has 1 unspecified atom stereocenters. The third-order valence-electron chi connectivity index (χ3n) is 3.41. The van der Waals surface area contributed by atoms with Crippen molar-refractivity contribution in [2.24, 2.45) is 5.73 Å². The highest BCUT2D eigenvalue weighted by Crippen LogP contribution is 2.32. The standard InChI is InChI=1S/C14H23N3O/c1-3-8-17-14(13(18-2)10-16-17)11-6-4-5-7-12(15)9-11/h9-10,12H,3-8,15H2,1-2H3. The summed E-state index contributed by atoms with van der Waals surface area (Å²) in [6, 6.07) is 0.164. The largest absolute Gasteiger partial charge is 0.493 e. The van der Waals surface area contributed by atoms with Crippen LogP contribution in [-0.4, -0.2) is 22.9 Å². The van der Waals surface area contributed by atoms with Gasteiger partial charge in [-0.25, -0.2) is 0 Å². The number of nitrogens with two attached hydrogens (primary N) is 1. The van der Waals surface area contributed by atoms with Crippen molar-refractivity contribution >= 4 is 5.57 Å². The third kappa shape index (κ3) is 2.75. The number of methoxy groups -OCH3 is 1. The first-order valence-electron chi connectivity index (χ1n) is 6.82. The molecule has 2 N–H and O–H groups in total. The van der Waals surface area contributed by atoms with E-state index in [0.29, 0.717) is 0 Å². The monoisotopic (exact) mass is 249 g/mol. The van der Waals surface area contributed by atoms with Crippen LogP contribution < -0.4 is 10.5 Å². The van der Waals surface area contributed by atoms with E-state index in [0.717, 1.165) is 37.3 Å². The van der Waals surface area contributed by atoms with Crippen LogP contribution in [0.4, 0.5) is 0 Å². The second-order valence-corrected chi connectivity index (χ2v) is 4.89. The van der Waals surface area contributed by atoms with Gasteiger partial charge in [0.15, 0.2) is 5.75 Å². The molecule has 1 atom stereocenters. The second kappa shape index (κ2) is 6.05. The van der Waals surface area contributed by atoms with Gasteiger partial charge in [0.25, 0.3) is 0 Å².